The highest BCUT2D eigenvalue weighted by molar-refractivity contribution is 5.17. The summed E-state index contributed by atoms with van der Waals surface area (Å²) in [7, 11) is 0. The largest absolute Gasteiger partial charge is 0.391 e. The van der Waals surface area contributed by atoms with Crippen LogP contribution in [0.25, 0.3) is 0 Å². The predicted molar refractivity (Wildman–Crippen MR) is 69.8 cm³/mol. The molecule has 0 aromatic rings. The topological polar surface area (TPSA) is 23.5 Å². The fraction of sp³-hybridized carbons (Fsp3) is 1.00. The second-order valence-electron chi connectivity index (χ2n) is 7.32. The SMILES string of the molecule is CC1(C)C2CCC1(C)C(N1CCCCC1)C2O. The summed E-state index contributed by atoms with van der Waals surface area (Å²) in [6, 6.07) is 0.427. The summed E-state index contributed by atoms with van der Waals surface area (Å²) in [5.74, 6) is 0.527. The molecule has 4 atom stereocenters. The summed E-state index contributed by atoms with van der Waals surface area (Å²) in [5, 5.41) is 10.7. The van der Waals surface area contributed by atoms with E-state index >= 15 is 0 Å². The van der Waals surface area contributed by atoms with Crippen LogP contribution < -0.4 is 0 Å². The average Bonchev–Trinajstić information content (AvgIpc) is 2.60. The van der Waals surface area contributed by atoms with Crippen LogP contribution >= 0.6 is 0 Å². The number of hydrogen-bond acceptors (Lipinski definition) is 2. The molecule has 2 saturated carbocycles. The number of piperidine rings is 1. The van der Waals surface area contributed by atoms with Crippen molar-refractivity contribution in [2.75, 3.05) is 13.1 Å². The highest BCUT2D eigenvalue weighted by atomic mass is 16.3. The van der Waals surface area contributed by atoms with Crippen LogP contribution in [-0.4, -0.2) is 35.2 Å². The molecule has 3 fully saturated rings. The van der Waals surface area contributed by atoms with Gasteiger partial charge in [0.25, 0.3) is 0 Å². The van der Waals surface area contributed by atoms with E-state index in [1.54, 1.807) is 0 Å². The standard InChI is InChI=1S/C15H27NO/c1-14(2)11-7-8-15(14,3)13(12(11)17)16-9-5-4-6-10-16/h11-13,17H,4-10H2,1-3H3. The van der Waals surface area contributed by atoms with Crippen molar-refractivity contribution in [2.24, 2.45) is 16.7 Å². The summed E-state index contributed by atoms with van der Waals surface area (Å²) >= 11 is 0. The second kappa shape index (κ2) is 3.71. The van der Waals surface area contributed by atoms with Gasteiger partial charge in [0.05, 0.1) is 6.10 Å². The van der Waals surface area contributed by atoms with E-state index < -0.39 is 0 Å². The molecule has 0 aromatic carbocycles. The molecule has 0 amide bonds. The van der Waals surface area contributed by atoms with Gasteiger partial charge in [0.1, 0.15) is 0 Å². The van der Waals surface area contributed by atoms with Crippen LogP contribution in [0.3, 0.4) is 0 Å². The molecular weight excluding hydrogens is 210 g/mol. The number of rotatable bonds is 1. The highest BCUT2D eigenvalue weighted by Crippen LogP contribution is 2.66. The first kappa shape index (κ1) is 12.0. The van der Waals surface area contributed by atoms with E-state index in [2.05, 4.69) is 25.7 Å². The molecular formula is C15H27NO. The molecule has 1 N–H and O–H groups in total. The molecule has 0 spiro atoms. The maximum atomic E-state index is 10.7. The highest BCUT2D eigenvalue weighted by Gasteiger charge is 2.66. The van der Waals surface area contributed by atoms with E-state index in [1.807, 2.05) is 0 Å². The Hall–Kier alpha value is -0.0800. The van der Waals surface area contributed by atoms with Crippen LogP contribution in [0.2, 0.25) is 0 Å². The predicted octanol–water partition coefficient (Wildman–Crippen LogP) is 2.66. The lowest BCUT2D eigenvalue weighted by Gasteiger charge is -2.46. The molecule has 0 aromatic heterocycles. The molecule has 3 aliphatic rings. The Morgan fingerprint density at radius 3 is 2.24 bits per heavy atom. The first-order valence-corrected chi connectivity index (χ1v) is 7.40. The molecule has 0 radical (unpaired) electrons. The van der Waals surface area contributed by atoms with E-state index in [4.69, 9.17) is 0 Å². The maximum Gasteiger partial charge on any atom is 0.0734 e. The molecule has 2 nitrogen and oxygen atoms in total. The van der Waals surface area contributed by atoms with E-state index in [1.165, 1.54) is 45.2 Å². The fourth-order valence-corrected chi connectivity index (χ4v) is 5.10. The Kier molecular flexibility index (Phi) is 2.61. The van der Waals surface area contributed by atoms with Gasteiger partial charge in [-0.2, -0.15) is 0 Å². The minimum Gasteiger partial charge on any atom is -0.391 e. The van der Waals surface area contributed by atoms with Crippen LogP contribution in [0.4, 0.5) is 0 Å². The Bertz CT molecular complexity index is 308. The van der Waals surface area contributed by atoms with E-state index in [9.17, 15) is 5.11 Å². The summed E-state index contributed by atoms with van der Waals surface area (Å²) in [4.78, 5) is 2.61. The van der Waals surface area contributed by atoms with Gasteiger partial charge in [-0.3, -0.25) is 4.90 Å². The van der Waals surface area contributed by atoms with E-state index in [-0.39, 0.29) is 6.10 Å². The van der Waals surface area contributed by atoms with Crippen molar-refractivity contribution in [1.82, 2.24) is 4.90 Å². The third-order valence-electron chi connectivity index (χ3n) is 6.55. The van der Waals surface area contributed by atoms with Crippen LogP contribution in [0, 0.1) is 16.7 Å². The van der Waals surface area contributed by atoms with Gasteiger partial charge < -0.3 is 5.11 Å². The van der Waals surface area contributed by atoms with Crippen molar-refractivity contribution in [3.8, 4) is 0 Å². The van der Waals surface area contributed by atoms with E-state index in [0.29, 0.717) is 22.8 Å². The number of aliphatic hydroxyl groups is 1. The quantitative estimate of drug-likeness (QED) is 0.758. The summed E-state index contributed by atoms with van der Waals surface area (Å²) in [5.41, 5.74) is 0.642. The van der Waals surface area contributed by atoms with Crippen molar-refractivity contribution in [3.63, 3.8) is 0 Å². The Morgan fingerprint density at radius 2 is 1.71 bits per heavy atom. The summed E-state index contributed by atoms with van der Waals surface area (Å²) < 4.78 is 0. The Morgan fingerprint density at radius 1 is 1.06 bits per heavy atom. The average molecular weight is 237 g/mol. The zero-order valence-electron chi connectivity index (χ0n) is 11.6. The maximum absolute atomic E-state index is 10.7. The van der Waals surface area contributed by atoms with Crippen molar-refractivity contribution in [1.29, 1.82) is 0 Å². The summed E-state index contributed by atoms with van der Waals surface area (Å²) in [6.07, 6.45) is 6.48. The zero-order chi connectivity index (χ0) is 12.3. The first-order valence-electron chi connectivity index (χ1n) is 7.40. The van der Waals surface area contributed by atoms with Crippen molar-refractivity contribution >= 4 is 0 Å². The van der Waals surface area contributed by atoms with Crippen LogP contribution in [0.15, 0.2) is 0 Å². The summed E-state index contributed by atoms with van der Waals surface area (Å²) in [6.45, 7) is 9.62. The van der Waals surface area contributed by atoms with Crippen LogP contribution in [0.5, 0.6) is 0 Å². The van der Waals surface area contributed by atoms with Gasteiger partial charge in [0, 0.05) is 6.04 Å². The molecule has 4 unspecified atom stereocenters. The molecule has 98 valence electrons. The number of nitrogens with zero attached hydrogens (tertiary/aromatic N) is 1. The number of aliphatic hydroxyl groups excluding tert-OH is 1. The lowest BCUT2D eigenvalue weighted by Crippen LogP contribution is -2.53. The van der Waals surface area contributed by atoms with Crippen molar-refractivity contribution < 1.29 is 5.11 Å². The molecule has 1 saturated heterocycles. The van der Waals surface area contributed by atoms with Gasteiger partial charge in [-0.15, -0.1) is 0 Å². The van der Waals surface area contributed by atoms with Crippen LogP contribution in [-0.2, 0) is 0 Å². The number of hydrogen-bond donors (Lipinski definition) is 1. The fourth-order valence-electron chi connectivity index (χ4n) is 5.10. The molecule has 1 heterocycles. The molecule has 2 aliphatic carbocycles. The normalized spacial score (nSPS) is 49.8. The molecule has 2 heteroatoms. The number of fused-ring (bicyclic) bond motifs is 2. The zero-order valence-corrected chi connectivity index (χ0v) is 11.6. The molecule has 17 heavy (non-hydrogen) atoms. The van der Waals surface area contributed by atoms with Gasteiger partial charge >= 0.3 is 0 Å². The second-order valence-corrected chi connectivity index (χ2v) is 7.32. The van der Waals surface area contributed by atoms with Crippen molar-refractivity contribution in [3.05, 3.63) is 0 Å². The lowest BCUT2D eigenvalue weighted by atomic mass is 9.68. The van der Waals surface area contributed by atoms with Gasteiger partial charge in [-0.25, -0.2) is 0 Å². The molecule has 3 rings (SSSR count). The van der Waals surface area contributed by atoms with Gasteiger partial charge in [-0.05, 0) is 55.5 Å². The van der Waals surface area contributed by atoms with Gasteiger partial charge in [0.15, 0.2) is 0 Å². The molecule has 2 bridgehead atoms. The third kappa shape index (κ3) is 1.40. The van der Waals surface area contributed by atoms with Gasteiger partial charge in [-0.1, -0.05) is 27.2 Å². The smallest absolute Gasteiger partial charge is 0.0734 e. The van der Waals surface area contributed by atoms with Gasteiger partial charge in [0.2, 0.25) is 0 Å². The van der Waals surface area contributed by atoms with Crippen LogP contribution in [0.1, 0.15) is 52.9 Å². The Labute approximate surface area is 105 Å². The van der Waals surface area contributed by atoms with E-state index in [0.717, 1.165) is 0 Å². The monoisotopic (exact) mass is 237 g/mol. The third-order valence-corrected chi connectivity index (χ3v) is 6.55. The first-order chi connectivity index (χ1) is 7.98. The number of likely N-dealkylation sites (tertiary alicyclic amines) is 1. The molecule has 1 aliphatic heterocycles. The van der Waals surface area contributed by atoms with Crippen molar-refractivity contribution in [2.45, 2.75) is 65.0 Å². The minimum atomic E-state index is -0.0816. The lowest BCUT2D eigenvalue weighted by molar-refractivity contribution is -0.0256. The minimum absolute atomic E-state index is 0.0816. The Balaban J connectivity index is 1.90.